The summed E-state index contributed by atoms with van der Waals surface area (Å²) in [5, 5.41) is 2.94. The van der Waals surface area contributed by atoms with Crippen LogP contribution in [0.1, 0.15) is 23.3 Å². The number of primary amides is 1. The van der Waals surface area contributed by atoms with E-state index in [1.807, 2.05) is 35.2 Å². The minimum Gasteiger partial charge on any atom is -0.364 e. The summed E-state index contributed by atoms with van der Waals surface area (Å²) in [6.07, 6.45) is 4.41. The van der Waals surface area contributed by atoms with Gasteiger partial charge in [0.15, 0.2) is 0 Å². The van der Waals surface area contributed by atoms with Crippen molar-refractivity contribution in [3.05, 3.63) is 48.4 Å². The second-order valence-electron chi connectivity index (χ2n) is 5.74. The lowest BCUT2D eigenvalue weighted by molar-refractivity contribution is -0.120. The maximum absolute atomic E-state index is 12.3. The van der Waals surface area contributed by atoms with Crippen molar-refractivity contribution in [3.8, 4) is 0 Å². The number of carbonyl (C=O) groups is 2. The predicted octanol–water partition coefficient (Wildman–Crippen LogP) is 1.43. The number of aromatic nitrogens is 2. The molecule has 1 aliphatic rings. The van der Waals surface area contributed by atoms with Crippen LogP contribution in [0.2, 0.25) is 0 Å². The molecule has 2 amide bonds. The summed E-state index contributed by atoms with van der Waals surface area (Å²) in [6.45, 7) is 1.37. The van der Waals surface area contributed by atoms with Gasteiger partial charge < -0.3 is 16.0 Å². The first kappa shape index (κ1) is 15.9. The van der Waals surface area contributed by atoms with E-state index < -0.39 is 5.91 Å². The Kier molecular flexibility index (Phi) is 4.69. The Morgan fingerprint density at radius 1 is 1.12 bits per heavy atom. The van der Waals surface area contributed by atoms with Crippen molar-refractivity contribution >= 4 is 23.3 Å². The third kappa shape index (κ3) is 3.68. The molecule has 0 unspecified atom stereocenters. The highest BCUT2D eigenvalue weighted by molar-refractivity contribution is 5.92. The Labute approximate surface area is 139 Å². The van der Waals surface area contributed by atoms with Gasteiger partial charge in [-0.25, -0.2) is 4.98 Å². The van der Waals surface area contributed by atoms with E-state index in [9.17, 15) is 9.59 Å². The third-order valence-electron chi connectivity index (χ3n) is 4.11. The minimum atomic E-state index is -0.596. The zero-order chi connectivity index (χ0) is 16.9. The molecule has 0 aliphatic carbocycles. The average molecular weight is 325 g/mol. The van der Waals surface area contributed by atoms with E-state index in [-0.39, 0.29) is 17.5 Å². The molecule has 1 aromatic heterocycles. The molecule has 1 saturated heterocycles. The third-order valence-corrected chi connectivity index (χ3v) is 4.11. The lowest BCUT2D eigenvalue weighted by atomic mass is 9.96. The van der Waals surface area contributed by atoms with Gasteiger partial charge in [0.1, 0.15) is 11.5 Å². The molecule has 3 N–H and O–H groups in total. The Morgan fingerprint density at radius 2 is 1.83 bits per heavy atom. The van der Waals surface area contributed by atoms with E-state index in [1.165, 1.54) is 6.20 Å². The topological polar surface area (TPSA) is 101 Å². The molecule has 7 heteroatoms. The molecule has 0 bridgehead atoms. The van der Waals surface area contributed by atoms with Crippen LogP contribution in [0.3, 0.4) is 0 Å². The number of amides is 2. The van der Waals surface area contributed by atoms with Crippen LogP contribution >= 0.6 is 0 Å². The summed E-state index contributed by atoms with van der Waals surface area (Å²) in [6, 6.07) is 9.44. The van der Waals surface area contributed by atoms with Crippen LogP contribution in [-0.2, 0) is 4.79 Å². The first-order chi connectivity index (χ1) is 11.6. The highest BCUT2D eigenvalue weighted by Crippen LogP contribution is 2.23. The summed E-state index contributed by atoms with van der Waals surface area (Å²) in [4.78, 5) is 33.8. The molecule has 0 spiro atoms. The first-order valence-corrected chi connectivity index (χ1v) is 7.86. The molecule has 2 heterocycles. The van der Waals surface area contributed by atoms with Gasteiger partial charge in [0.2, 0.25) is 5.91 Å². The molecule has 1 fully saturated rings. The quantitative estimate of drug-likeness (QED) is 0.885. The van der Waals surface area contributed by atoms with Crippen molar-refractivity contribution in [1.82, 2.24) is 9.97 Å². The van der Waals surface area contributed by atoms with Crippen LogP contribution < -0.4 is 16.0 Å². The van der Waals surface area contributed by atoms with Gasteiger partial charge in [-0.05, 0) is 25.0 Å². The number of anilines is 2. The molecule has 24 heavy (non-hydrogen) atoms. The zero-order valence-electron chi connectivity index (χ0n) is 13.2. The number of nitrogens with one attached hydrogen (secondary N) is 1. The largest absolute Gasteiger partial charge is 0.364 e. The summed E-state index contributed by atoms with van der Waals surface area (Å²) >= 11 is 0. The molecular formula is C17H19N5O2. The zero-order valence-corrected chi connectivity index (χ0v) is 13.2. The van der Waals surface area contributed by atoms with Crippen LogP contribution in [-0.4, -0.2) is 34.9 Å². The van der Waals surface area contributed by atoms with Crippen molar-refractivity contribution in [2.24, 2.45) is 11.7 Å². The summed E-state index contributed by atoms with van der Waals surface area (Å²) in [5.74, 6) is 0.0289. The standard InChI is InChI=1S/C17H19N5O2/c18-16(23)14-10-19-11-15(21-14)22-8-6-12(7-9-22)17(24)20-13-4-2-1-3-5-13/h1-5,10-12H,6-9H2,(H2,18,23)(H,20,24). The molecule has 0 radical (unpaired) electrons. The molecule has 124 valence electrons. The second-order valence-corrected chi connectivity index (χ2v) is 5.74. The van der Waals surface area contributed by atoms with Crippen molar-refractivity contribution in [2.75, 3.05) is 23.3 Å². The normalized spacial score (nSPS) is 15.1. The van der Waals surface area contributed by atoms with Gasteiger partial charge in [0, 0.05) is 24.7 Å². The van der Waals surface area contributed by atoms with Gasteiger partial charge in [0.25, 0.3) is 5.91 Å². The number of nitrogens with zero attached hydrogens (tertiary/aromatic N) is 3. The van der Waals surface area contributed by atoms with Crippen molar-refractivity contribution in [3.63, 3.8) is 0 Å². The highest BCUT2D eigenvalue weighted by atomic mass is 16.2. The Morgan fingerprint density at radius 3 is 2.50 bits per heavy atom. The highest BCUT2D eigenvalue weighted by Gasteiger charge is 2.26. The second kappa shape index (κ2) is 7.08. The number of carbonyl (C=O) groups excluding carboxylic acids is 2. The Bertz CT molecular complexity index is 727. The van der Waals surface area contributed by atoms with Gasteiger partial charge in [-0.2, -0.15) is 0 Å². The molecule has 1 aliphatic heterocycles. The fourth-order valence-electron chi connectivity index (χ4n) is 2.76. The number of hydrogen-bond acceptors (Lipinski definition) is 5. The minimum absolute atomic E-state index is 0.0336. The van der Waals surface area contributed by atoms with Crippen molar-refractivity contribution in [2.45, 2.75) is 12.8 Å². The number of para-hydroxylation sites is 1. The maximum Gasteiger partial charge on any atom is 0.268 e. The van der Waals surface area contributed by atoms with Gasteiger partial charge in [-0.3, -0.25) is 14.6 Å². The Hall–Kier alpha value is -2.96. The molecule has 0 saturated carbocycles. The fraction of sp³-hybridized carbons (Fsp3) is 0.294. The van der Waals surface area contributed by atoms with Gasteiger partial charge in [-0.15, -0.1) is 0 Å². The van der Waals surface area contributed by atoms with Crippen LogP contribution in [0.25, 0.3) is 0 Å². The molecule has 7 nitrogen and oxygen atoms in total. The van der Waals surface area contributed by atoms with Gasteiger partial charge in [-0.1, -0.05) is 18.2 Å². The average Bonchev–Trinajstić information content (AvgIpc) is 2.63. The summed E-state index contributed by atoms with van der Waals surface area (Å²) in [7, 11) is 0. The number of benzene rings is 1. The SMILES string of the molecule is NC(=O)c1cncc(N2CCC(C(=O)Nc3ccccc3)CC2)n1. The first-order valence-electron chi connectivity index (χ1n) is 7.86. The number of nitrogens with two attached hydrogens (primary N) is 1. The van der Waals surface area contributed by atoms with E-state index >= 15 is 0 Å². The summed E-state index contributed by atoms with van der Waals surface area (Å²) < 4.78 is 0. The van der Waals surface area contributed by atoms with Crippen LogP contribution in [0.5, 0.6) is 0 Å². The van der Waals surface area contributed by atoms with Crippen molar-refractivity contribution < 1.29 is 9.59 Å². The monoisotopic (exact) mass is 325 g/mol. The number of piperidine rings is 1. The van der Waals surface area contributed by atoms with Crippen molar-refractivity contribution in [1.29, 1.82) is 0 Å². The number of rotatable bonds is 4. The lowest BCUT2D eigenvalue weighted by Crippen LogP contribution is -2.38. The molecule has 0 atom stereocenters. The maximum atomic E-state index is 12.3. The van der Waals surface area contributed by atoms with Crippen LogP contribution in [0.15, 0.2) is 42.7 Å². The fourth-order valence-corrected chi connectivity index (χ4v) is 2.76. The lowest BCUT2D eigenvalue weighted by Gasteiger charge is -2.32. The van der Waals surface area contributed by atoms with E-state index in [0.717, 1.165) is 18.5 Å². The van der Waals surface area contributed by atoms with Gasteiger partial charge >= 0.3 is 0 Å². The molecular weight excluding hydrogens is 306 g/mol. The van der Waals surface area contributed by atoms with E-state index in [0.29, 0.717) is 18.9 Å². The van der Waals surface area contributed by atoms with E-state index in [2.05, 4.69) is 15.3 Å². The smallest absolute Gasteiger partial charge is 0.268 e. The summed E-state index contributed by atoms with van der Waals surface area (Å²) in [5.41, 5.74) is 6.19. The molecule has 3 rings (SSSR count). The predicted molar refractivity (Wildman–Crippen MR) is 90.6 cm³/mol. The van der Waals surface area contributed by atoms with Crippen LogP contribution in [0.4, 0.5) is 11.5 Å². The Balaban J connectivity index is 1.58. The van der Waals surface area contributed by atoms with Gasteiger partial charge in [0.05, 0.1) is 12.4 Å². The molecule has 1 aromatic carbocycles. The van der Waals surface area contributed by atoms with E-state index in [1.54, 1.807) is 6.20 Å². The molecule has 2 aromatic rings. The van der Waals surface area contributed by atoms with Crippen LogP contribution in [0, 0.1) is 5.92 Å². The van der Waals surface area contributed by atoms with E-state index in [4.69, 9.17) is 5.73 Å². The number of hydrogen-bond donors (Lipinski definition) is 2.